The van der Waals surface area contributed by atoms with Crippen molar-refractivity contribution >= 4 is 17.7 Å². The molecule has 2 bridgehead atoms. The summed E-state index contributed by atoms with van der Waals surface area (Å²) in [4.78, 5) is 14.3. The number of thioether (sulfide) groups is 1. The summed E-state index contributed by atoms with van der Waals surface area (Å²) in [5.74, 6) is 3.52. The standard InChI is InChI=1S/C12H20N2OS/c15-12(6-10-8-16-4-3-13-10)14-7-9-1-2-11(14)5-9/h9-11,13H,1-8H2. The van der Waals surface area contributed by atoms with Crippen LogP contribution >= 0.6 is 11.8 Å². The van der Waals surface area contributed by atoms with E-state index in [0.29, 0.717) is 18.0 Å². The number of nitrogens with zero attached hydrogens (tertiary/aromatic N) is 1. The molecule has 1 aliphatic carbocycles. The average Bonchev–Trinajstić information content (AvgIpc) is 2.92. The van der Waals surface area contributed by atoms with Gasteiger partial charge in [-0.2, -0.15) is 11.8 Å². The summed E-state index contributed by atoms with van der Waals surface area (Å²) in [6.45, 7) is 2.11. The third kappa shape index (κ3) is 2.09. The van der Waals surface area contributed by atoms with Crippen molar-refractivity contribution in [1.29, 1.82) is 0 Å². The zero-order chi connectivity index (χ0) is 11.0. The summed E-state index contributed by atoms with van der Waals surface area (Å²) in [5.41, 5.74) is 0. The molecule has 3 unspecified atom stereocenters. The summed E-state index contributed by atoms with van der Waals surface area (Å²) in [6.07, 6.45) is 4.60. The molecule has 0 radical (unpaired) electrons. The first kappa shape index (κ1) is 10.9. The Hall–Kier alpha value is -0.220. The highest BCUT2D eigenvalue weighted by Crippen LogP contribution is 2.37. The summed E-state index contributed by atoms with van der Waals surface area (Å²) in [6, 6.07) is 1.01. The molecule has 16 heavy (non-hydrogen) atoms. The number of likely N-dealkylation sites (tertiary alicyclic amines) is 1. The zero-order valence-corrected chi connectivity index (χ0v) is 10.5. The number of fused-ring (bicyclic) bond motifs is 2. The lowest BCUT2D eigenvalue weighted by Gasteiger charge is -2.30. The highest BCUT2D eigenvalue weighted by molar-refractivity contribution is 7.99. The van der Waals surface area contributed by atoms with Gasteiger partial charge in [0, 0.05) is 43.1 Å². The van der Waals surface area contributed by atoms with Crippen LogP contribution in [0.2, 0.25) is 0 Å². The predicted molar refractivity (Wildman–Crippen MR) is 66.6 cm³/mol. The maximum absolute atomic E-state index is 12.2. The Balaban J connectivity index is 1.53. The van der Waals surface area contributed by atoms with Crippen molar-refractivity contribution in [2.45, 2.75) is 37.8 Å². The van der Waals surface area contributed by atoms with Crippen LogP contribution in [0.5, 0.6) is 0 Å². The lowest BCUT2D eigenvalue weighted by atomic mass is 10.1. The van der Waals surface area contributed by atoms with Crippen LogP contribution in [0, 0.1) is 5.92 Å². The molecule has 1 saturated carbocycles. The zero-order valence-electron chi connectivity index (χ0n) is 9.65. The van der Waals surface area contributed by atoms with Crippen LogP contribution in [-0.4, -0.2) is 47.5 Å². The van der Waals surface area contributed by atoms with Gasteiger partial charge in [0.05, 0.1) is 0 Å². The van der Waals surface area contributed by atoms with Crippen LogP contribution in [0.25, 0.3) is 0 Å². The van der Waals surface area contributed by atoms with Crippen LogP contribution in [0.1, 0.15) is 25.7 Å². The first-order valence-electron chi connectivity index (χ1n) is 6.43. The maximum atomic E-state index is 12.2. The van der Waals surface area contributed by atoms with Gasteiger partial charge in [-0.3, -0.25) is 4.79 Å². The number of amides is 1. The SMILES string of the molecule is O=C(CC1CSCCN1)N1CC2CCC1C2. The monoisotopic (exact) mass is 240 g/mol. The van der Waals surface area contributed by atoms with E-state index in [-0.39, 0.29) is 0 Å². The van der Waals surface area contributed by atoms with Crippen molar-refractivity contribution < 1.29 is 4.79 Å². The fourth-order valence-electron chi connectivity index (χ4n) is 3.31. The molecule has 90 valence electrons. The number of carbonyl (C=O) groups excluding carboxylic acids is 1. The molecule has 0 spiro atoms. The molecule has 2 saturated heterocycles. The van der Waals surface area contributed by atoms with Crippen molar-refractivity contribution in [2.75, 3.05) is 24.6 Å². The molecule has 2 aliphatic heterocycles. The van der Waals surface area contributed by atoms with Gasteiger partial charge < -0.3 is 10.2 Å². The minimum atomic E-state index is 0.396. The number of piperidine rings is 1. The van der Waals surface area contributed by atoms with Gasteiger partial charge in [-0.1, -0.05) is 0 Å². The fraction of sp³-hybridized carbons (Fsp3) is 0.917. The molecular formula is C12H20N2OS. The molecule has 1 amide bonds. The van der Waals surface area contributed by atoms with Crippen molar-refractivity contribution in [1.82, 2.24) is 10.2 Å². The number of hydrogen-bond acceptors (Lipinski definition) is 3. The highest BCUT2D eigenvalue weighted by atomic mass is 32.2. The summed E-state index contributed by atoms with van der Waals surface area (Å²) in [5, 5.41) is 3.45. The van der Waals surface area contributed by atoms with Gasteiger partial charge in [-0.05, 0) is 25.2 Å². The van der Waals surface area contributed by atoms with E-state index in [0.717, 1.165) is 31.2 Å². The normalized spacial score (nSPS) is 38.0. The summed E-state index contributed by atoms with van der Waals surface area (Å²) < 4.78 is 0. The first-order valence-corrected chi connectivity index (χ1v) is 7.59. The van der Waals surface area contributed by atoms with Crippen LogP contribution in [0.3, 0.4) is 0 Å². The quantitative estimate of drug-likeness (QED) is 0.784. The van der Waals surface area contributed by atoms with Gasteiger partial charge in [0.2, 0.25) is 5.91 Å². The van der Waals surface area contributed by atoms with Crippen LogP contribution in [0.4, 0.5) is 0 Å². The third-order valence-corrected chi connectivity index (χ3v) is 5.28. The largest absolute Gasteiger partial charge is 0.339 e. The van der Waals surface area contributed by atoms with E-state index in [4.69, 9.17) is 0 Å². The molecular weight excluding hydrogens is 220 g/mol. The average molecular weight is 240 g/mol. The fourth-order valence-corrected chi connectivity index (χ4v) is 4.26. The molecule has 3 aliphatic rings. The molecule has 0 aromatic carbocycles. The number of carbonyl (C=O) groups is 1. The van der Waals surface area contributed by atoms with Crippen LogP contribution in [-0.2, 0) is 4.79 Å². The molecule has 4 heteroatoms. The van der Waals surface area contributed by atoms with Gasteiger partial charge in [-0.25, -0.2) is 0 Å². The van der Waals surface area contributed by atoms with Crippen molar-refractivity contribution in [3.8, 4) is 0 Å². The molecule has 3 nitrogen and oxygen atoms in total. The number of nitrogens with one attached hydrogen (secondary N) is 1. The molecule has 0 aromatic heterocycles. The molecule has 3 rings (SSSR count). The molecule has 2 heterocycles. The smallest absolute Gasteiger partial charge is 0.224 e. The van der Waals surface area contributed by atoms with E-state index in [1.807, 2.05) is 11.8 Å². The maximum Gasteiger partial charge on any atom is 0.224 e. The third-order valence-electron chi connectivity index (χ3n) is 4.15. The second-order valence-electron chi connectivity index (χ2n) is 5.31. The topological polar surface area (TPSA) is 32.3 Å². The van der Waals surface area contributed by atoms with Crippen molar-refractivity contribution in [3.05, 3.63) is 0 Å². The van der Waals surface area contributed by atoms with Crippen molar-refractivity contribution in [2.24, 2.45) is 5.92 Å². The van der Waals surface area contributed by atoms with E-state index < -0.39 is 0 Å². The number of hydrogen-bond donors (Lipinski definition) is 1. The summed E-state index contributed by atoms with van der Waals surface area (Å²) >= 11 is 1.97. The number of rotatable bonds is 2. The van der Waals surface area contributed by atoms with Gasteiger partial charge in [0.25, 0.3) is 0 Å². The Bertz CT molecular complexity index is 278. The van der Waals surface area contributed by atoms with E-state index in [1.54, 1.807) is 0 Å². The van der Waals surface area contributed by atoms with Crippen LogP contribution < -0.4 is 5.32 Å². The Kier molecular flexibility index (Phi) is 3.11. The van der Waals surface area contributed by atoms with E-state index in [1.165, 1.54) is 25.0 Å². The second kappa shape index (κ2) is 4.57. The minimum absolute atomic E-state index is 0.396. The second-order valence-corrected chi connectivity index (χ2v) is 6.46. The van der Waals surface area contributed by atoms with E-state index in [9.17, 15) is 4.79 Å². The first-order chi connectivity index (χ1) is 7.83. The predicted octanol–water partition coefficient (Wildman–Crippen LogP) is 1.09. The van der Waals surface area contributed by atoms with E-state index in [2.05, 4.69) is 10.2 Å². The Morgan fingerprint density at radius 3 is 3.00 bits per heavy atom. The lowest BCUT2D eigenvalue weighted by Crippen LogP contribution is -2.44. The van der Waals surface area contributed by atoms with Gasteiger partial charge in [-0.15, -0.1) is 0 Å². The molecule has 0 aromatic rings. The van der Waals surface area contributed by atoms with Gasteiger partial charge >= 0.3 is 0 Å². The lowest BCUT2D eigenvalue weighted by molar-refractivity contribution is -0.133. The van der Waals surface area contributed by atoms with Gasteiger partial charge in [0.1, 0.15) is 0 Å². The van der Waals surface area contributed by atoms with Crippen LogP contribution in [0.15, 0.2) is 0 Å². The van der Waals surface area contributed by atoms with E-state index >= 15 is 0 Å². The Morgan fingerprint density at radius 1 is 1.44 bits per heavy atom. The Morgan fingerprint density at radius 2 is 2.38 bits per heavy atom. The molecule has 3 atom stereocenters. The Labute approximate surface area is 101 Å². The van der Waals surface area contributed by atoms with Gasteiger partial charge in [0.15, 0.2) is 0 Å². The molecule has 1 N–H and O–H groups in total. The molecule has 3 fully saturated rings. The van der Waals surface area contributed by atoms with Crippen molar-refractivity contribution in [3.63, 3.8) is 0 Å². The highest BCUT2D eigenvalue weighted by Gasteiger charge is 2.40. The summed E-state index contributed by atoms with van der Waals surface area (Å²) in [7, 11) is 0. The minimum Gasteiger partial charge on any atom is -0.339 e.